The van der Waals surface area contributed by atoms with Gasteiger partial charge in [0.1, 0.15) is 5.82 Å². The molecule has 0 saturated carbocycles. The summed E-state index contributed by atoms with van der Waals surface area (Å²) in [5, 5.41) is 0. The van der Waals surface area contributed by atoms with Gasteiger partial charge in [0.25, 0.3) is 0 Å². The highest BCUT2D eigenvalue weighted by Gasteiger charge is 2.12. The Hall–Kier alpha value is -2.21. The lowest BCUT2D eigenvalue weighted by molar-refractivity contribution is 0.609. The van der Waals surface area contributed by atoms with Gasteiger partial charge in [-0.2, -0.15) is 0 Å². The number of halogens is 2. The Balaban J connectivity index is 2.12. The molecule has 2 aromatic heterocycles. The highest BCUT2D eigenvalue weighted by atomic mass is 79.9. The van der Waals surface area contributed by atoms with Gasteiger partial charge in [-0.15, -0.1) is 0 Å². The van der Waals surface area contributed by atoms with Gasteiger partial charge in [0.2, 0.25) is 0 Å². The first kappa shape index (κ1) is 12.8. The molecule has 2 heterocycles. The topological polar surface area (TPSA) is 56.7 Å². The summed E-state index contributed by atoms with van der Waals surface area (Å²) in [7, 11) is 0. The number of nitrogen functional groups attached to an aromatic ring is 1. The van der Waals surface area contributed by atoms with Gasteiger partial charge in [-0.1, -0.05) is 0 Å². The Morgan fingerprint density at radius 2 is 1.90 bits per heavy atom. The third kappa shape index (κ3) is 2.30. The lowest BCUT2D eigenvalue weighted by Crippen LogP contribution is -2.02. The first-order valence-electron chi connectivity index (χ1n) is 5.86. The summed E-state index contributed by atoms with van der Waals surface area (Å²) in [6.45, 7) is 0. The van der Waals surface area contributed by atoms with Crippen molar-refractivity contribution in [3.8, 4) is 17.2 Å². The molecule has 6 heteroatoms. The van der Waals surface area contributed by atoms with Crippen molar-refractivity contribution in [1.82, 2.24) is 14.5 Å². The van der Waals surface area contributed by atoms with Gasteiger partial charge >= 0.3 is 0 Å². The Morgan fingerprint density at radius 1 is 1.15 bits per heavy atom. The zero-order valence-corrected chi connectivity index (χ0v) is 11.9. The summed E-state index contributed by atoms with van der Waals surface area (Å²) < 4.78 is 16.2. The quantitative estimate of drug-likeness (QED) is 0.731. The van der Waals surface area contributed by atoms with Crippen LogP contribution in [0.15, 0.2) is 53.4 Å². The van der Waals surface area contributed by atoms with Crippen LogP contribution in [0.4, 0.5) is 10.1 Å². The van der Waals surface area contributed by atoms with E-state index in [0.29, 0.717) is 16.0 Å². The molecule has 3 rings (SSSR count). The number of nitrogens with two attached hydrogens (primary N) is 1. The largest absolute Gasteiger partial charge is 0.399 e. The number of aromatic nitrogens is 3. The van der Waals surface area contributed by atoms with Gasteiger partial charge in [0.05, 0.1) is 0 Å². The summed E-state index contributed by atoms with van der Waals surface area (Å²) in [6.07, 6.45) is 4.82. The van der Waals surface area contributed by atoms with Crippen molar-refractivity contribution in [3.05, 3.63) is 59.2 Å². The molecule has 4 nitrogen and oxygen atoms in total. The van der Waals surface area contributed by atoms with Gasteiger partial charge in [-0.3, -0.25) is 4.57 Å². The molecule has 0 aliphatic carbocycles. The molecule has 0 atom stereocenters. The number of rotatable bonds is 2. The molecule has 0 unspecified atom stereocenters. The third-order valence-electron chi connectivity index (χ3n) is 2.83. The lowest BCUT2D eigenvalue weighted by atomic mass is 10.2. The Bertz CT molecular complexity index is 752. The number of imidazole rings is 1. The molecule has 20 heavy (non-hydrogen) atoms. The van der Waals surface area contributed by atoms with E-state index in [4.69, 9.17) is 5.73 Å². The van der Waals surface area contributed by atoms with Gasteiger partial charge < -0.3 is 5.73 Å². The highest BCUT2D eigenvalue weighted by molar-refractivity contribution is 9.10. The molecule has 0 aliphatic rings. The van der Waals surface area contributed by atoms with Crippen LogP contribution < -0.4 is 5.73 Å². The fourth-order valence-electron chi connectivity index (χ4n) is 1.90. The highest BCUT2D eigenvalue weighted by Crippen LogP contribution is 2.23. The van der Waals surface area contributed by atoms with E-state index in [2.05, 4.69) is 25.9 Å². The normalized spacial score (nSPS) is 10.7. The van der Waals surface area contributed by atoms with Crippen LogP contribution in [0, 0.1) is 5.82 Å². The summed E-state index contributed by atoms with van der Waals surface area (Å²) >= 11 is 3.19. The maximum atomic E-state index is 14.0. The second kappa shape index (κ2) is 5.05. The van der Waals surface area contributed by atoms with Crippen molar-refractivity contribution in [1.29, 1.82) is 0 Å². The number of nitrogens with zero attached hydrogens (tertiary/aromatic N) is 3. The van der Waals surface area contributed by atoms with Crippen molar-refractivity contribution in [2.24, 2.45) is 0 Å². The van der Waals surface area contributed by atoms with Crippen LogP contribution >= 0.6 is 15.9 Å². The molecule has 0 aliphatic heterocycles. The summed E-state index contributed by atoms with van der Waals surface area (Å²) in [4.78, 5) is 8.36. The summed E-state index contributed by atoms with van der Waals surface area (Å²) in [6, 6.07) is 8.60. The van der Waals surface area contributed by atoms with Crippen molar-refractivity contribution in [2.45, 2.75) is 0 Å². The third-order valence-corrected chi connectivity index (χ3v) is 3.26. The molecular formula is C14H10BrFN4. The maximum Gasteiger partial charge on any atom is 0.174 e. The predicted octanol–water partition coefficient (Wildman–Crippen LogP) is 3.42. The minimum Gasteiger partial charge on any atom is -0.399 e. The second-order valence-corrected chi connectivity index (χ2v) is 5.12. The van der Waals surface area contributed by atoms with E-state index in [9.17, 15) is 4.39 Å². The minimum absolute atomic E-state index is 0.206. The molecule has 3 aromatic rings. The van der Waals surface area contributed by atoms with E-state index < -0.39 is 5.82 Å². The zero-order valence-electron chi connectivity index (χ0n) is 10.3. The Labute approximate surface area is 123 Å². The van der Waals surface area contributed by atoms with E-state index in [1.165, 1.54) is 6.07 Å². The van der Waals surface area contributed by atoms with Crippen LogP contribution in [-0.4, -0.2) is 14.5 Å². The number of hydrogen-bond acceptors (Lipinski definition) is 3. The SMILES string of the molecule is Nc1ccc(-c2nccn2-c2ncc(Br)cc2F)cc1. The molecule has 0 spiro atoms. The second-order valence-electron chi connectivity index (χ2n) is 4.20. The van der Waals surface area contributed by atoms with Crippen LogP contribution in [0.3, 0.4) is 0 Å². The molecule has 0 fully saturated rings. The summed E-state index contributed by atoms with van der Waals surface area (Å²) in [5.74, 6) is 0.394. The first-order valence-corrected chi connectivity index (χ1v) is 6.65. The molecular weight excluding hydrogens is 323 g/mol. The standard InChI is InChI=1S/C14H10BrFN4/c15-10-7-12(16)14(19-8-10)20-6-5-18-13(20)9-1-3-11(17)4-2-9/h1-8H,17H2. The first-order chi connectivity index (χ1) is 9.65. The molecule has 0 radical (unpaired) electrons. The van der Waals surface area contributed by atoms with E-state index >= 15 is 0 Å². The molecule has 0 amide bonds. The van der Waals surface area contributed by atoms with Crippen LogP contribution in [-0.2, 0) is 0 Å². The average molecular weight is 333 g/mol. The van der Waals surface area contributed by atoms with Crippen LogP contribution in [0.5, 0.6) is 0 Å². The van der Waals surface area contributed by atoms with E-state index in [-0.39, 0.29) is 5.82 Å². The van der Waals surface area contributed by atoms with E-state index in [0.717, 1.165) is 5.56 Å². The van der Waals surface area contributed by atoms with Gasteiger partial charge in [0.15, 0.2) is 11.6 Å². The molecule has 0 saturated heterocycles. The van der Waals surface area contributed by atoms with Crippen molar-refractivity contribution in [3.63, 3.8) is 0 Å². The molecule has 2 N–H and O–H groups in total. The smallest absolute Gasteiger partial charge is 0.174 e. The Kier molecular flexibility index (Phi) is 3.23. The van der Waals surface area contributed by atoms with Gasteiger partial charge in [-0.05, 0) is 46.3 Å². The van der Waals surface area contributed by atoms with Gasteiger partial charge in [-0.25, -0.2) is 14.4 Å². The maximum absolute atomic E-state index is 14.0. The van der Waals surface area contributed by atoms with E-state index in [1.54, 1.807) is 35.3 Å². The van der Waals surface area contributed by atoms with Crippen LogP contribution in [0.25, 0.3) is 17.2 Å². The fourth-order valence-corrected chi connectivity index (χ4v) is 2.21. The van der Waals surface area contributed by atoms with Crippen LogP contribution in [0.1, 0.15) is 0 Å². The lowest BCUT2D eigenvalue weighted by Gasteiger charge is -2.08. The van der Waals surface area contributed by atoms with Crippen molar-refractivity contribution in [2.75, 3.05) is 5.73 Å². The molecule has 0 bridgehead atoms. The number of pyridine rings is 1. The minimum atomic E-state index is -0.422. The van der Waals surface area contributed by atoms with Crippen molar-refractivity contribution < 1.29 is 4.39 Å². The van der Waals surface area contributed by atoms with Crippen LogP contribution in [0.2, 0.25) is 0 Å². The monoisotopic (exact) mass is 332 g/mol. The van der Waals surface area contributed by atoms with Crippen molar-refractivity contribution >= 4 is 21.6 Å². The number of benzene rings is 1. The Morgan fingerprint density at radius 3 is 2.60 bits per heavy atom. The number of hydrogen-bond donors (Lipinski definition) is 1. The zero-order chi connectivity index (χ0) is 14.1. The van der Waals surface area contributed by atoms with E-state index in [1.807, 2.05) is 12.1 Å². The number of anilines is 1. The summed E-state index contributed by atoms with van der Waals surface area (Å²) in [5.41, 5.74) is 7.17. The molecule has 1 aromatic carbocycles. The average Bonchev–Trinajstić information content (AvgIpc) is 2.88. The van der Waals surface area contributed by atoms with Gasteiger partial charge in [0, 0.05) is 34.3 Å². The predicted molar refractivity (Wildman–Crippen MR) is 78.9 cm³/mol. The molecule has 100 valence electrons. The fraction of sp³-hybridized carbons (Fsp3) is 0.